The van der Waals surface area contributed by atoms with Crippen molar-refractivity contribution in [2.24, 2.45) is 4.99 Å². The van der Waals surface area contributed by atoms with Gasteiger partial charge in [-0.25, -0.2) is 0 Å². The minimum absolute atomic E-state index is 0.178. The Balaban J connectivity index is 1.92. The van der Waals surface area contributed by atoms with E-state index in [4.69, 9.17) is 4.74 Å². The highest BCUT2D eigenvalue weighted by Gasteiger charge is 2.02. The highest BCUT2D eigenvalue weighted by molar-refractivity contribution is 9.10. The molecular weight excluding hydrogens is 354 g/mol. The predicted octanol–water partition coefficient (Wildman–Crippen LogP) is 5.86. The Kier molecular flexibility index (Phi) is 7.14. The van der Waals surface area contributed by atoms with Gasteiger partial charge < -0.3 is 9.84 Å². The maximum absolute atomic E-state index is 10.1. The number of hydrogen-bond acceptors (Lipinski definition) is 3. The Morgan fingerprint density at radius 3 is 2.57 bits per heavy atom. The summed E-state index contributed by atoms with van der Waals surface area (Å²) in [5, 5.41) is 10.1. The molecule has 0 bridgehead atoms. The first-order valence-electron chi connectivity index (χ1n) is 7.94. The van der Waals surface area contributed by atoms with Crippen LogP contribution in [-0.2, 0) is 0 Å². The van der Waals surface area contributed by atoms with Gasteiger partial charge in [0.15, 0.2) is 0 Å². The monoisotopic (exact) mass is 375 g/mol. The molecule has 0 aliphatic rings. The largest absolute Gasteiger partial charge is 0.507 e. The molecule has 0 radical (unpaired) electrons. The summed E-state index contributed by atoms with van der Waals surface area (Å²) in [4.78, 5) is 4.36. The molecule has 1 N–H and O–H groups in total. The van der Waals surface area contributed by atoms with Gasteiger partial charge in [-0.15, -0.1) is 0 Å². The van der Waals surface area contributed by atoms with Gasteiger partial charge in [0.2, 0.25) is 0 Å². The molecule has 3 nitrogen and oxygen atoms in total. The molecule has 0 spiro atoms. The van der Waals surface area contributed by atoms with Crippen LogP contribution >= 0.6 is 15.9 Å². The lowest BCUT2D eigenvalue weighted by atomic mass is 10.2. The zero-order chi connectivity index (χ0) is 16.5. The summed E-state index contributed by atoms with van der Waals surface area (Å²) in [6.07, 6.45) is 6.33. The summed E-state index contributed by atoms with van der Waals surface area (Å²) >= 11 is 3.39. The van der Waals surface area contributed by atoms with Crippen molar-refractivity contribution < 1.29 is 9.84 Å². The number of aromatic hydroxyl groups is 1. The van der Waals surface area contributed by atoms with Gasteiger partial charge in [0.25, 0.3) is 0 Å². The molecule has 2 aromatic rings. The zero-order valence-electron chi connectivity index (χ0n) is 13.3. The molecule has 0 fully saturated rings. The van der Waals surface area contributed by atoms with E-state index < -0.39 is 0 Å². The Bertz CT molecular complexity index is 638. The summed E-state index contributed by atoms with van der Waals surface area (Å²) in [6.45, 7) is 2.87. The number of nitrogens with zero attached hydrogens (tertiary/aromatic N) is 1. The molecule has 0 amide bonds. The second kappa shape index (κ2) is 9.36. The number of aliphatic imine (C=N–C) groups is 1. The first-order valence-corrected chi connectivity index (χ1v) is 8.74. The molecule has 0 unspecified atom stereocenters. The molecule has 0 heterocycles. The van der Waals surface area contributed by atoms with Crippen molar-refractivity contribution in [1.82, 2.24) is 0 Å². The first-order chi connectivity index (χ1) is 11.2. The SMILES string of the molecule is CCCCCCOc1ccc(C=Nc2ccc(Br)cc2)c(O)c1. The van der Waals surface area contributed by atoms with Crippen molar-refractivity contribution in [3.8, 4) is 11.5 Å². The number of unbranched alkanes of at least 4 members (excludes halogenated alkanes) is 3. The summed E-state index contributed by atoms with van der Waals surface area (Å²) in [6, 6.07) is 13.0. The van der Waals surface area contributed by atoms with E-state index in [1.54, 1.807) is 12.3 Å². The molecule has 4 heteroatoms. The van der Waals surface area contributed by atoms with E-state index in [1.807, 2.05) is 36.4 Å². The lowest BCUT2D eigenvalue weighted by Crippen LogP contribution is -1.97. The summed E-state index contributed by atoms with van der Waals surface area (Å²) in [7, 11) is 0. The quantitative estimate of drug-likeness (QED) is 0.463. The van der Waals surface area contributed by atoms with Crippen LogP contribution in [0.1, 0.15) is 38.2 Å². The van der Waals surface area contributed by atoms with E-state index >= 15 is 0 Å². The molecule has 0 aromatic heterocycles. The van der Waals surface area contributed by atoms with Crippen LogP contribution < -0.4 is 4.74 Å². The molecular formula is C19H22BrNO2. The molecule has 0 atom stereocenters. The number of benzene rings is 2. The number of hydrogen-bond donors (Lipinski definition) is 1. The Hall–Kier alpha value is -1.81. The fourth-order valence-electron chi connectivity index (χ4n) is 2.11. The summed E-state index contributed by atoms with van der Waals surface area (Å²) in [5.74, 6) is 0.872. The fourth-order valence-corrected chi connectivity index (χ4v) is 2.38. The van der Waals surface area contributed by atoms with Crippen LogP contribution in [0, 0.1) is 0 Å². The summed E-state index contributed by atoms with van der Waals surface area (Å²) < 4.78 is 6.67. The van der Waals surface area contributed by atoms with Gasteiger partial charge in [-0.2, -0.15) is 0 Å². The maximum atomic E-state index is 10.1. The second-order valence-corrected chi connectivity index (χ2v) is 6.28. The van der Waals surface area contributed by atoms with Crippen LogP contribution in [0.3, 0.4) is 0 Å². The van der Waals surface area contributed by atoms with Gasteiger partial charge >= 0.3 is 0 Å². The zero-order valence-corrected chi connectivity index (χ0v) is 14.9. The summed E-state index contributed by atoms with van der Waals surface area (Å²) in [5.41, 5.74) is 1.51. The standard InChI is InChI=1S/C19H22BrNO2/c1-2-3-4-5-12-23-18-11-6-15(19(22)13-18)14-21-17-9-7-16(20)8-10-17/h6-11,13-14,22H,2-5,12H2,1H3. The lowest BCUT2D eigenvalue weighted by molar-refractivity contribution is 0.303. The van der Waals surface area contributed by atoms with Gasteiger partial charge in [-0.3, -0.25) is 4.99 Å². The van der Waals surface area contributed by atoms with Crippen LogP contribution in [0.25, 0.3) is 0 Å². The van der Waals surface area contributed by atoms with Crippen LogP contribution in [0.4, 0.5) is 5.69 Å². The average molecular weight is 376 g/mol. The van der Waals surface area contributed by atoms with Gasteiger partial charge in [0, 0.05) is 22.3 Å². The van der Waals surface area contributed by atoms with Gasteiger partial charge in [0.05, 0.1) is 12.3 Å². The molecule has 2 rings (SSSR count). The Labute approximate surface area is 146 Å². The van der Waals surface area contributed by atoms with E-state index in [9.17, 15) is 5.11 Å². The van der Waals surface area contributed by atoms with Crippen LogP contribution in [0.2, 0.25) is 0 Å². The van der Waals surface area contributed by atoms with Crippen LogP contribution in [0.15, 0.2) is 51.9 Å². The number of rotatable bonds is 8. The molecule has 2 aromatic carbocycles. The topological polar surface area (TPSA) is 41.8 Å². The number of halogens is 1. The number of phenols is 1. The molecule has 23 heavy (non-hydrogen) atoms. The van der Waals surface area contributed by atoms with Crippen molar-refractivity contribution >= 4 is 27.8 Å². The number of phenolic OH excluding ortho intramolecular Hbond substituents is 1. The maximum Gasteiger partial charge on any atom is 0.128 e. The first kappa shape index (κ1) is 17.5. The van der Waals surface area contributed by atoms with E-state index in [-0.39, 0.29) is 5.75 Å². The molecule has 0 saturated heterocycles. The van der Waals surface area contributed by atoms with E-state index in [1.165, 1.54) is 19.3 Å². The fraction of sp³-hybridized carbons (Fsp3) is 0.316. The predicted molar refractivity (Wildman–Crippen MR) is 99.1 cm³/mol. The highest BCUT2D eigenvalue weighted by Crippen LogP contribution is 2.24. The lowest BCUT2D eigenvalue weighted by Gasteiger charge is -2.07. The normalized spacial score (nSPS) is 11.0. The minimum atomic E-state index is 0.178. The Morgan fingerprint density at radius 2 is 1.87 bits per heavy atom. The smallest absolute Gasteiger partial charge is 0.128 e. The third-order valence-electron chi connectivity index (χ3n) is 3.45. The molecule has 0 aliphatic carbocycles. The molecule has 122 valence electrons. The van der Waals surface area contributed by atoms with Crippen molar-refractivity contribution in [2.75, 3.05) is 6.61 Å². The van der Waals surface area contributed by atoms with Crippen molar-refractivity contribution in [2.45, 2.75) is 32.6 Å². The molecule has 0 aliphatic heterocycles. The number of ether oxygens (including phenoxy) is 1. The van der Waals surface area contributed by atoms with E-state index in [0.717, 1.165) is 16.6 Å². The van der Waals surface area contributed by atoms with Crippen molar-refractivity contribution in [3.05, 3.63) is 52.5 Å². The minimum Gasteiger partial charge on any atom is -0.507 e. The van der Waals surface area contributed by atoms with Crippen molar-refractivity contribution in [3.63, 3.8) is 0 Å². The second-order valence-electron chi connectivity index (χ2n) is 5.36. The third-order valence-corrected chi connectivity index (χ3v) is 3.98. The van der Waals surface area contributed by atoms with Crippen LogP contribution in [0.5, 0.6) is 11.5 Å². The average Bonchev–Trinajstić information content (AvgIpc) is 2.55. The molecule has 0 saturated carbocycles. The van der Waals surface area contributed by atoms with Crippen LogP contribution in [-0.4, -0.2) is 17.9 Å². The van der Waals surface area contributed by atoms with Crippen molar-refractivity contribution in [1.29, 1.82) is 0 Å². The van der Waals surface area contributed by atoms with Gasteiger partial charge in [-0.05, 0) is 42.8 Å². The van der Waals surface area contributed by atoms with E-state index in [0.29, 0.717) is 17.9 Å². The third kappa shape index (κ3) is 6.06. The highest BCUT2D eigenvalue weighted by atomic mass is 79.9. The van der Waals surface area contributed by atoms with Gasteiger partial charge in [-0.1, -0.05) is 42.1 Å². The van der Waals surface area contributed by atoms with E-state index in [2.05, 4.69) is 27.8 Å². The Morgan fingerprint density at radius 1 is 1.09 bits per heavy atom. The van der Waals surface area contributed by atoms with Gasteiger partial charge in [0.1, 0.15) is 11.5 Å².